The standard InChI is InChI=1S/C16H19N5OS2/c1-6-13(14(22)19-16-21-20-11(5)23-16)24-15-12(7-17)9(3)8(2)10(4)18-15/h13H,6H2,1-5H3,(H,19,21,22). The van der Waals surface area contributed by atoms with Gasteiger partial charge in [0.1, 0.15) is 16.1 Å². The molecule has 0 saturated carbocycles. The minimum absolute atomic E-state index is 0.153. The zero-order valence-corrected chi connectivity index (χ0v) is 15.9. The number of aryl methyl sites for hydroxylation is 2. The van der Waals surface area contributed by atoms with E-state index in [0.29, 0.717) is 22.1 Å². The van der Waals surface area contributed by atoms with Crippen LogP contribution in [0.15, 0.2) is 5.03 Å². The van der Waals surface area contributed by atoms with Gasteiger partial charge in [-0.2, -0.15) is 5.26 Å². The second-order valence-corrected chi connectivity index (χ2v) is 7.74. The molecule has 6 nitrogen and oxygen atoms in total. The van der Waals surface area contributed by atoms with E-state index in [9.17, 15) is 10.1 Å². The first kappa shape index (κ1) is 18.4. The van der Waals surface area contributed by atoms with Crippen molar-refractivity contribution in [1.82, 2.24) is 15.2 Å². The third kappa shape index (κ3) is 3.91. The van der Waals surface area contributed by atoms with Crippen LogP contribution in [0.5, 0.6) is 0 Å². The lowest BCUT2D eigenvalue weighted by Gasteiger charge is -2.16. The topological polar surface area (TPSA) is 91.6 Å². The first-order valence-corrected chi connectivity index (χ1v) is 9.22. The maximum absolute atomic E-state index is 12.5. The molecule has 0 spiro atoms. The molecular formula is C16H19N5OS2. The quantitative estimate of drug-likeness (QED) is 0.819. The highest BCUT2D eigenvalue weighted by molar-refractivity contribution is 8.00. The van der Waals surface area contributed by atoms with Gasteiger partial charge in [0.25, 0.3) is 0 Å². The second-order valence-electron chi connectivity index (χ2n) is 5.37. The number of nitrogens with one attached hydrogen (secondary N) is 1. The van der Waals surface area contributed by atoms with Crippen LogP contribution in [0.4, 0.5) is 5.13 Å². The molecule has 126 valence electrons. The molecule has 0 aliphatic heterocycles. The summed E-state index contributed by atoms with van der Waals surface area (Å²) in [4.78, 5) is 17.0. The Kier molecular flexibility index (Phi) is 5.91. The van der Waals surface area contributed by atoms with Crippen LogP contribution in [0, 0.1) is 39.0 Å². The van der Waals surface area contributed by atoms with Gasteiger partial charge in [-0.15, -0.1) is 10.2 Å². The molecule has 1 N–H and O–H groups in total. The van der Waals surface area contributed by atoms with Gasteiger partial charge in [-0.05, 0) is 45.2 Å². The van der Waals surface area contributed by atoms with E-state index < -0.39 is 0 Å². The first-order valence-electron chi connectivity index (χ1n) is 7.52. The van der Waals surface area contributed by atoms with Gasteiger partial charge >= 0.3 is 0 Å². The van der Waals surface area contributed by atoms with Gasteiger partial charge in [0.15, 0.2) is 0 Å². The Morgan fingerprint density at radius 1 is 1.29 bits per heavy atom. The zero-order valence-electron chi connectivity index (χ0n) is 14.3. The molecular weight excluding hydrogens is 342 g/mol. The van der Waals surface area contributed by atoms with Crippen molar-refractivity contribution in [2.45, 2.75) is 51.3 Å². The monoisotopic (exact) mass is 361 g/mol. The smallest absolute Gasteiger partial charge is 0.239 e. The average Bonchev–Trinajstić information content (AvgIpc) is 2.95. The van der Waals surface area contributed by atoms with Crippen LogP contribution < -0.4 is 5.32 Å². The number of thioether (sulfide) groups is 1. The Morgan fingerprint density at radius 2 is 2.00 bits per heavy atom. The van der Waals surface area contributed by atoms with Crippen molar-refractivity contribution in [3.05, 3.63) is 27.4 Å². The zero-order chi connectivity index (χ0) is 17.9. The molecule has 0 bridgehead atoms. The molecule has 0 aliphatic carbocycles. The molecule has 0 saturated heterocycles. The van der Waals surface area contributed by atoms with Crippen molar-refractivity contribution < 1.29 is 4.79 Å². The number of carbonyl (C=O) groups excluding carboxylic acids is 1. The molecule has 2 aromatic heterocycles. The summed E-state index contributed by atoms with van der Waals surface area (Å²) in [5.74, 6) is -0.153. The molecule has 2 heterocycles. The number of anilines is 1. The Morgan fingerprint density at radius 3 is 2.54 bits per heavy atom. The summed E-state index contributed by atoms with van der Waals surface area (Å²) in [5, 5.41) is 21.6. The largest absolute Gasteiger partial charge is 0.300 e. The lowest BCUT2D eigenvalue weighted by molar-refractivity contribution is -0.115. The maximum atomic E-state index is 12.5. The Labute approximate surface area is 149 Å². The Bertz CT molecular complexity index is 810. The molecule has 2 aromatic rings. The van der Waals surface area contributed by atoms with Gasteiger partial charge < -0.3 is 0 Å². The van der Waals surface area contributed by atoms with Crippen LogP contribution >= 0.6 is 23.1 Å². The maximum Gasteiger partial charge on any atom is 0.239 e. The number of hydrogen-bond acceptors (Lipinski definition) is 7. The summed E-state index contributed by atoms with van der Waals surface area (Å²) in [6, 6.07) is 2.22. The van der Waals surface area contributed by atoms with E-state index in [-0.39, 0.29) is 11.2 Å². The number of pyridine rings is 1. The molecule has 1 amide bonds. The molecule has 0 aliphatic rings. The van der Waals surface area contributed by atoms with Crippen molar-refractivity contribution in [2.24, 2.45) is 0 Å². The summed E-state index contributed by atoms with van der Waals surface area (Å²) in [6.07, 6.45) is 0.618. The molecule has 1 unspecified atom stereocenters. The van der Waals surface area contributed by atoms with Crippen molar-refractivity contribution in [3.63, 3.8) is 0 Å². The SMILES string of the molecule is CCC(Sc1nc(C)c(C)c(C)c1C#N)C(=O)Nc1nnc(C)s1. The number of aromatic nitrogens is 3. The fraction of sp³-hybridized carbons (Fsp3) is 0.438. The van der Waals surface area contributed by atoms with E-state index in [1.165, 1.54) is 23.1 Å². The lowest BCUT2D eigenvalue weighted by atomic mass is 10.1. The van der Waals surface area contributed by atoms with Gasteiger partial charge in [-0.25, -0.2) is 4.98 Å². The third-order valence-electron chi connectivity index (χ3n) is 3.75. The normalized spacial score (nSPS) is 11.8. The van der Waals surface area contributed by atoms with E-state index in [0.717, 1.165) is 21.8 Å². The van der Waals surface area contributed by atoms with E-state index >= 15 is 0 Å². The van der Waals surface area contributed by atoms with Crippen LogP contribution in [-0.2, 0) is 4.79 Å². The van der Waals surface area contributed by atoms with E-state index in [1.807, 2.05) is 34.6 Å². The van der Waals surface area contributed by atoms with Crippen LogP contribution in [0.2, 0.25) is 0 Å². The van der Waals surface area contributed by atoms with Gasteiger partial charge in [0.05, 0.1) is 10.8 Å². The van der Waals surface area contributed by atoms with Gasteiger partial charge in [0, 0.05) is 5.69 Å². The number of nitriles is 1. The van der Waals surface area contributed by atoms with Gasteiger partial charge in [0.2, 0.25) is 11.0 Å². The van der Waals surface area contributed by atoms with Crippen molar-refractivity contribution >= 4 is 34.1 Å². The minimum atomic E-state index is -0.352. The van der Waals surface area contributed by atoms with Crippen LogP contribution in [0.3, 0.4) is 0 Å². The minimum Gasteiger partial charge on any atom is -0.300 e. The molecule has 2 rings (SSSR count). The summed E-state index contributed by atoms with van der Waals surface area (Å²) in [7, 11) is 0. The fourth-order valence-electron chi connectivity index (χ4n) is 2.12. The van der Waals surface area contributed by atoms with Gasteiger partial charge in [-0.1, -0.05) is 30.0 Å². The molecule has 0 radical (unpaired) electrons. The third-order valence-corrected chi connectivity index (χ3v) is 5.85. The Balaban J connectivity index is 2.24. The van der Waals surface area contributed by atoms with Crippen molar-refractivity contribution in [1.29, 1.82) is 5.26 Å². The highest BCUT2D eigenvalue weighted by Gasteiger charge is 2.23. The van der Waals surface area contributed by atoms with E-state index in [2.05, 4.69) is 26.6 Å². The van der Waals surface area contributed by atoms with Crippen molar-refractivity contribution in [3.8, 4) is 6.07 Å². The van der Waals surface area contributed by atoms with Gasteiger partial charge in [-0.3, -0.25) is 10.1 Å². The summed E-state index contributed by atoms with van der Waals surface area (Å²) in [5.41, 5.74) is 3.35. The number of nitrogens with zero attached hydrogens (tertiary/aromatic N) is 4. The summed E-state index contributed by atoms with van der Waals surface area (Å²) < 4.78 is 0. The van der Waals surface area contributed by atoms with Crippen LogP contribution in [0.1, 0.15) is 40.7 Å². The Hall–Kier alpha value is -1.98. The van der Waals surface area contributed by atoms with Crippen LogP contribution in [0.25, 0.3) is 0 Å². The number of carbonyl (C=O) groups is 1. The number of amides is 1. The fourth-order valence-corrected chi connectivity index (χ4v) is 3.82. The number of hydrogen-bond donors (Lipinski definition) is 1. The predicted molar refractivity (Wildman–Crippen MR) is 96.4 cm³/mol. The average molecular weight is 361 g/mol. The second kappa shape index (κ2) is 7.73. The first-order chi connectivity index (χ1) is 11.4. The molecule has 0 aromatic carbocycles. The van der Waals surface area contributed by atoms with E-state index in [1.54, 1.807) is 0 Å². The molecule has 24 heavy (non-hydrogen) atoms. The van der Waals surface area contributed by atoms with E-state index in [4.69, 9.17) is 0 Å². The molecule has 8 heteroatoms. The lowest BCUT2D eigenvalue weighted by Crippen LogP contribution is -2.25. The molecule has 0 fully saturated rings. The van der Waals surface area contributed by atoms with Crippen LogP contribution in [-0.4, -0.2) is 26.3 Å². The predicted octanol–water partition coefficient (Wildman–Crippen LogP) is 3.55. The number of rotatable bonds is 5. The highest BCUT2D eigenvalue weighted by atomic mass is 32.2. The summed E-state index contributed by atoms with van der Waals surface area (Å²) >= 11 is 2.66. The summed E-state index contributed by atoms with van der Waals surface area (Å²) in [6.45, 7) is 9.55. The van der Waals surface area contributed by atoms with Crippen molar-refractivity contribution in [2.75, 3.05) is 5.32 Å². The molecule has 1 atom stereocenters. The highest BCUT2D eigenvalue weighted by Crippen LogP contribution is 2.31.